The SMILES string of the molecule is Cn1c(=O)[nH]c(=O)c2c1nc(Oc1ccccc1)n2C[C@H](O)COc1ccccc1. The zero-order valence-electron chi connectivity index (χ0n) is 16.2. The van der Waals surface area contributed by atoms with E-state index < -0.39 is 17.4 Å². The molecular weight excluding hydrogens is 388 g/mol. The van der Waals surface area contributed by atoms with Crippen molar-refractivity contribution >= 4 is 11.2 Å². The molecule has 0 aliphatic rings. The molecular formula is C21H20N4O5. The average molecular weight is 408 g/mol. The number of imidazole rings is 1. The molecule has 0 amide bonds. The van der Waals surface area contributed by atoms with Gasteiger partial charge in [0.05, 0.1) is 6.54 Å². The lowest BCUT2D eigenvalue weighted by atomic mass is 10.3. The molecule has 4 rings (SSSR count). The lowest BCUT2D eigenvalue weighted by Gasteiger charge is -2.15. The molecule has 1 atom stereocenters. The monoisotopic (exact) mass is 408 g/mol. The van der Waals surface area contributed by atoms with Crippen LogP contribution in [0, 0.1) is 0 Å². The van der Waals surface area contributed by atoms with Crippen LogP contribution in [0.15, 0.2) is 70.3 Å². The number of benzene rings is 2. The fourth-order valence-electron chi connectivity index (χ4n) is 3.03. The summed E-state index contributed by atoms with van der Waals surface area (Å²) in [6, 6.07) is 18.1. The third-order valence-electron chi connectivity index (χ3n) is 4.50. The molecule has 0 unspecified atom stereocenters. The van der Waals surface area contributed by atoms with Gasteiger partial charge in [0.25, 0.3) is 5.56 Å². The van der Waals surface area contributed by atoms with Gasteiger partial charge in [-0.2, -0.15) is 4.98 Å². The van der Waals surface area contributed by atoms with Crippen LogP contribution >= 0.6 is 0 Å². The fraction of sp³-hybridized carbons (Fsp3) is 0.190. The Balaban J connectivity index is 1.69. The van der Waals surface area contributed by atoms with Gasteiger partial charge in [-0.25, -0.2) is 4.79 Å². The molecule has 4 aromatic rings. The van der Waals surface area contributed by atoms with Crippen LogP contribution in [-0.2, 0) is 13.6 Å². The molecule has 2 aromatic heterocycles. The lowest BCUT2D eigenvalue weighted by molar-refractivity contribution is 0.0915. The van der Waals surface area contributed by atoms with Crippen LogP contribution in [-0.4, -0.2) is 36.9 Å². The predicted molar refractivity (Wildman–Crippen MR) is 110 cm³/mol. The number of hydrogen-bond donors (Lipinski definition) is 2. The predicted octanol–water partition coefficient (Wildman–Crippen LogP) is 1.66. The minimum atomic E-state index is -0.961. The topological polar surface area (TPSA) is 111 Å². The van der Waals surface area contributed by atoms with Crippen molar-refractivity contribution in [2.75, 3.05) is 6.61 Å². The van der Waals surface area contributed by atoms with E-state index in [-0.39, 0.29) is 30.3 Å². The number of para-hydroxylation sites is 2. The number of ether oxygens (including phenoxy) is 2. The van der Waals surface area contributed by atoms with Crippen molar-refractivity contribution in [3.63, 3.8) is 0 Å². The second-order valence-corrected chi connectivity index (χ2v) is 6.69. The summed E-state index contributed by atoms with van der Waals surface area (Å²) in [6.07, 6.45) is -0.961. The van der Waals surface area contributed by atoms with E-state index in [9.17, 15) is 14.7 Å². The van der Waals surface area contributed by atoms with Crippen molar-refractivity contribution in [1.29, 1.82) is 0 Å². The Morgan fingerprint density at radius 2 is 1.67 bits per heavy atom. The fourth-order valence-corrected chi connectivity index (χ4v) is 3.03. The van der Waals surface area contributed by atoms with Crippen molar-refractivity contribution < 1.29 is 14.6 Å². The molecule has 30 heavy (non-hydrogen) atoms. The van der Waals surface area contributed by atoms with E-state index in [0.29, 0.717) is 11.5 Å². The number of H-pyrrole nitrogens is 1. The van der Waals surface area contributed by atoms with Gasteiger partial charge in [-0.05, 0) is 24.3 Å². The molecule has 9 heteroatoms. The van der Waals surface area contributed by atoms with Crippen molar-refractivity contribution in [1.82, 2.24) is 19.1 Å². The molecule has 9 nitrogen and oxygen atoms in total. The zero-order chi connectivity index (χ0) is 21.1. The van der Waals surface area contributed by atoms with Gasteiger partial charge in [-0.3, -0.25) is 18.9 Å². The van der Waals surface area contributed by atoms with E-state index >= 15 is 0 Å². The first kappa shape index (κ1) is 19.5. The van der Waals surface area contributed by atoms with Crippen LogP contribution in [0.1, 0.15) is 0 Å². The molecule has 2 N–H and O–H groups in total. The van der Waals surface area contributed by atoms with Crippen LogP contribution in [0.2, 0.25) is 0 Å². The van der Waals surface area contributed by atoms with Crippen LogP contribution in [0.3, 0.4) is 0 Å². The molecule has 0 bridgehead atoms. The highest BCUT2D eigenvalue weighted by Gasteiger charge is 2.21. The minimum absolute atomic E-state index is 0.00185. The van der Waals surface area contributed by atoms with Gasteiger partial charge in [0, 0.05) is 7.05 Å². The van der Waals surface area contributed by atoms with Crippen molar-refractivity contribution in [2.45, 2.75) is 12.6 Å². The number of aliphatic hydroxyl groups excluding tert-OH is 1. The van der Waals surface area contributed by atoms with Gasteiger partial charge < -0.3 is 14.6 Å². The second-order valence-electron chi connectivity index (χ2n) is 6.69. The standard InChI is InChI=1S/C21H20N4O5/c1-24-18-17(19(27)23-20(24)28)25(21(22-18)30-16-10-6-3-7-11-16)12-14(26)13-29-15-8-4-2-5-9-15/h2-11,14,26H,12-13H2,1H3,(H,23,27,28)/t14-/m0/s1. The Hall–Kier alpha value is -3.85. The number of fused-ring (bicyclic) bond motifs is 1. The second kappa shape index (κ2) is 8.26. The smallest absolute Gasteiger partial charge is 0.329 e. The van der Waals surface area contributed by atoms with Gasteiger partial charge >= 0.3 is 11.7 Å². The Morgan fingerprint density at radius 1 is 1.03 bits per heavy atom. The van der Waals surface area contributed by atoms with E-state index in [0.717, 1.165) is 0 Å². The number of aromatic amines is 1. The summed E-state index contributed by atoms with van der Waals surface area (Å²) >= 11 is 0. The van der Waals surface area contributed by atoms with E-state index in [1.165, 1.54) is 16.2 Å². The molecule has 0 aliphatic heterocycles. The van der Waals surface area contributed by atoms with Crippen LogP contribution in [0.5, 0.6) is 17.5 Å². The summed E-state index contributed by atoms with van der Waals surface area (Å²) in [5.74, 6) is 1.12. The van der Waals surface area contributed by atoms with Gasteiger partial charge in [0.2, 0.25) is 0 Å². The largest absolute Gasteiger partial charge is 0.491 e. The zero-order valence-corrected chi connectivity index (χ0v) is 16.2. The third-order valence-corrected chi connectivity index (χ3v) is 4.50. The molecule has 0 fully saturated rings. The van der Waals surface area contributed by atoms with Gasteiger partial charge in [-0.15, -0.1) is 0 Å². The maximum Gasteiger partial charge on any atom is 0.329 e. The van der Waals surface area contributed by atoms with Gasteiger partial charge in [0.15, 0.2) is 11.2 Å². The maximum atomic E-state index is 12.5. The number of rotatable bonds is 7. The number of aryl methyl sites for hydroxylation is 1. The maximum absolute atomic E-state index is 12.5. The molecule has 0 spiro atoms. The highest BCUT2D eigenvalue weighted by atomic mass is 16.5. The first-order chi connectivity index (χ1) is 14.5. The minimum Gasteiger partial charge on any atom is -0.491 e. The third kappa shape index (κ3) is 3.96. The Kier molecular flexibility index (Phi) is 5.36. The summed E-state index contributed by atoms with van der Waals surface area (Å²) in [5.41, 5.74) is -0.913. The summed E-state index contributed by atoms with van der Waals surface area (Å²) in [5, 5.41) is 10.5. The number of aromatic nitrogens is 4. The highest BCUT2D eigenvalue weighted by molar-refractivity contribution is 5.71. The van der Waals surface area contributed by atoms with Gasteiger partial charge in [0.1, 0.15) is 24.2 Å². The number of nitrogens with one attached hydrogen (secondary N) is 1. The average Bonchev–Trinajstić information content (AvgIpc) is 3.10. The molecule has 154 valence electrons. The molecule has 0 saturated carbocycles. The molecule has 2 aromatic carbocycles. The molecule has 0 aliphatic carbocycles. The van der Waals surface area contributed by atoms with Crippen molar-refractivity contribution in [2.24, 2.45) is 7.05 Å². The number of nitrogens with zero attached hydrogens (tertiary/aromatic N) is 3. The Labute approximate surface area is 170 Å². The Morgan fingerprint density at radius 3 is 2.33 bits per heavy atom. The Bertz CT molecular complexity index is 1260. The number of aliphatic hydroxyl groups is 1. The van der Waals surface area contributed by atoms with Crippen LogP contribution in [0.4, 0.5) is 0 Å². The summed E-state index contributed by atoms with van der Waals surface area (Å²) in [4.78, 5) is 31.0. The molecule has 0 saturated heterocycles. The summed E-state index contributed by atoms with van der Waals surface area (Å²) in [7, 11) is 1.50. The lowest BCUT2D eigenvalue weighted by Crippen LogP contribution is -2.30. The highest BCUT2D eigenvalue weighted by Crippen LogP contribution is 2.24. The van der Waals surface area contributed by atoms with E-state index in [4.69, 9.17) is 9.47 Å². The van der Waals surface area contributed by atoms with Crippen LogP contribution in [0.25, 0.3) is 11.2 Å². The van der Waals surface area contributed by atoms with Gasteiger partial charge in [-0.1, -0.05) is 36.4 Å². The van der Waals surface area contributed by atoms with Crippen molar-refractivity contribution in [3.8, 4) is 17.5 Å². The van der Waals surface area contributed by atoms with E-state index in [1.54, 1.807) is 36.4 Å². The quantitative estimate of drug-likeness (QED) is 0.481. The number of hydrogen-bond acceptors (Lipinski definition) is 6. The first-order valence-electron chi connectivity index (χ1n) is 9.31. The normalized spacial score (nSPS) is 12.1. The molecule has 0 radical (unpaired) electrons. The van der Waals surface area contributed by atoms with E-state index in [2.05, 4.69) is 9.97 Å². The summed E-state index contributed by atoms with van der Waals surface area (Å²) < 4.78 is 14.1. The summed E-state index contributed by atoms with van der Waals surface area (Å²) in [6.45, 7) is -0.0229. The van der Waals surface area contributed by atoms with Crippen LogP contribution < -0.4 is 20.7 Å². The first-order valence-corrected chi connectivity index (χ1v) is 9.31. The molecule has 2 heterocycles. The van der Waals surface area contributed by atoms with E-state index in [1.807, 2.05) is 24.3 Å². The van der Waals surface area contributed by atoms with Crippen molar-refractivity contribution in [3.05, 3.63) is 81.5 Å².